The first kappa shape index (κ1) is 19.3. The zero-order chi connectivity index (χ0) is 12.4. The molecule has 0 heterocycles. The van der Waals surface area contributed by atoms with Crippen LogP contribution in [0.15, 0.2) is 0 Å². The van der Waals surface area contributed by atoms with E-state index in [2.05, 4.69) is 11.5 Å². The number of rotatable bonds is 1. The van der Waals surface area contributed by atoms with Crippen molar-refractivity contribution in [2.24, 2.45) is 0 Å². The molecule has 8 N–H and O–H groups in total. The first-order valence-corrected chi connectivity index (χ1v) is 5.60. The second-order valence-electron chi connectivity index (χ2n) is 1.56. The summed E-state index contributed by atoms with van der Waals surface area (Å²) < 4.78 is 65.7. The molecule has 0 unspecified atom stereocenters. The van der Waals surface area contributed by atoms with Gasteiger partial charge < -0.3 is 20.6 Å². The van der Waals surface area contributed by atoms with Crippen LogP contribution >= 0.6 is 0 Å². The van der Waals surface area contributed by atoms with Crippen molar-refractivity contribution in [2.75, 3.05) is 13.1 Å². The van der Waals surface area contributed by atoms with Crippen LogP contribution in [0.2, 0.25) is 0 Å². The van der Waals surface area contributed by atoms with Crippen LogP contribution in [0.3, 0.4) is 0 Å². The fourth-order valence-electron chi connectivity index (χ4n) is 0. The Labute approximate surface area is 81.1 Å². The zero-order valence-electron chi connectivity index (χ0n) is 6.99. The van der Waals surface area contributed by atoms with Crippen LogP contribution < -0.4 is 11.5 Å². The van der Waals surface area contributed by atoms with E-state index in [9.17, 15) is 0 Å². The molecule has 0 radical (unpaired) electrons. The van der Waals surface area contributed by atoms with Gasteiger partial charge in [0.25, 0.3) is 0 Å². The lowest BCUT2D eigenvalue weighted by Crippen LogP contribution is -2.64. The van der Waals surface area contributed by atoms with Gasteiger partial charge in [0.15, 0.2) is 0 Å². The maximum Gasteiger partial charge on any atom is 0.215 e. The lowest BCUT2D eigenvalue weighted by molar-refractivity contribution is -0.453. The van der Waals surface area contributed by atoms with Gasteiger partial charge in [-0.25, -0.2) is 16.8 Å². The average molecular weight is 256 g/mol. The molecule has 10 nitrogen and oxygen atoms in total. The van der Waals surface area contributed by atoms with Gasteiger partial charge in [-0.2, -0.15) is 0 Å². The van der Waals surface area contributed by atoms with Crippen LogP contribution in [0.25, 0.3) is 0 Å². The monoisotopic (exact) mass is 256 g/mol. The van der Waals surface area contributed by atoms with Crippen molar-refractivity contribution in [1.82, 2.24) is 0 Å². The molecular formula is C2H12N2O8S2. The van der Waals surface area contributed by atoms with Crippen LogP contribution in [-0.2, 0) is 20.8 Å². The number of hydrogen-bond donors (Lipinski definition) is 4. The van der Waals surface area contributed by atoms with Gasteiger partial charge in [-0.3, -0.25) is 9.11 Å². The molecule has 0 spiro atoms. The molecule has 0 fully saturated rings. The highest BCUT2D eigenvalue weighted by Crippen LogP contribution is 1.58. The summed E-state index contributed by atoms with van der Waals surface area (Å²) in [5.41, 5.74) is 7.08. The third kappa shape index (κ3) is 3040. The summed E-state index contributed by atoms with van der Waals surface area (Å²) >= 11 is 0. The molecule has 0 aliphatic rings. The summed E-state index contributed by atoms with van der Waals surface area (Å²) in [5.74, 6) is 0. The predicted octanol–water partition coefficient (Wildman–Crippen LogP) is -4.52. The highest BCUT2D eigenvalue weighted by molar-refractivity contribution is 7.80. The minimum Gasteiger partial charge on any atom is -0.726 e. The Morgan fingerprint density at radius 2 is 0.929 bits per heavy atom. The fraction of sp³-hybridized carbons (Fsp3) is 1.00. The minimum atomic E-state index is -4.92. The maximum absolute atomic E-state index is 8.63. The van der Waals surface area contributed by atoms with Crippen molar-refractivity contribution in [1.29, 1.82) is 0 Å². The van der Waals surface area contributed by atoms with E-state index < -0.39 is 20.8 Å². The standard InChI is InChI=1S/C2H8N2.2H2O4S/c3-1-2-4;2*1-5(2,3)4/h1-4H2;2*(H2,1,2,3,4). The van der Waals surface area contributed by atoms with Gasteiger partial charge in [-0.1, -0.05) is 0 Å². The van der Waals surface area contributed by atoms with Crippen molar-refractivity contribution in [3.05, 3.63) is 0 Å². The van der Waals surface area contributed by atoms with Crippen molar-refractivity contribution >= 4 is 20.8 Å². The van der Waals surface area contributed by atoms with E-state index in [4.69, 9.17) is 35.0 Å². The smallest absolute Gasteiger partial charge is 0.215 e. The topological polar surface area (TPSA) is 210 Å². The van der Waals surface area contributed by atoms with Crippen LogP contribution in [-0.4, -0.2) is 48.1 Å². The van der Waals surface area contributed by atoms with E-state index in [-0.39, 0.29) is 0 Å². The number of hydrogen-bond acceptors (Lipinski definition) is 6. The molecule has 0 aliphatic carbocycles. The van der Waals surface area contributed by atoms with Gasteiger partial charge in [-0.05, 0) is 0 Å². The predicted molar refractivity (Wildman–Crippen MR) is 40.2 cm³/mol. The fourth-order valence-corrected chi connectivity index (χ4v) is 0. The highest BCUT2D eigenvalue weighted by atomic mass is 32.3. The summed E-state index contributed by atoms with van der Waals surface area (Å²) in [6, 6.07) is 0. The largest absolute Gasteiger partial charge is 0.726 e. The van der Waals surface area contributed by atoms with Gasteiger partial charge in [-0.15, -0.1) is 0 Å². The lowest BCUT2D eigenvalue weighted by Gasteiger charge is -1.88. The zero-order valence-corrected chi connectivity index (χ0v) is 8.62. The third-order valence-electron chi connectivity index (χ3n) is 0.250. The molecular weight excluding hydrogens is 244 g/mol. The summed E-state index contributed by atoms with van der Waals surface area (Å²) in [4.78, 5) is 0. The second kappa shape index (κ2) is 9.22. The van der Waals surface area contributed by atoms with Crippen molar-refractivity contribution < 1.29 is 46.5 Å². The highest BCUT2D eigenvalue weighted by Gasteiger charge is 1.68. The third-order valence-corrected chi connectivity index (χ3v) is 0.250. The van der Waals surface area contributed by atoms with E-state index in [1.807, 2.05) is 0 Å². The molecule has 0 atom stereocenters. The number of quaternary nitrogens is 2. The molecule has 0 saturated carbocycles. The molecule has 0 aromatic heterocycles. The molecule has 12 heteroatoms. The van der Waals surface area contributed by atoms with Crippen LogP contribution in [0.4, 0.5) is 0 Å². The summed E-state index contributed by atoms with van der Waals surface area (Å²) in [7, 11) is -9.83. The van der Waals surface area contributed by atoms with Crippen LogP contribution in [0.1, 0.15) is 0 Å². The van der Waals surface area contributed by atoms with E-state index in [1.165, 1.54) is 0 Å². The van der Waals surface area contributed by atoms with Crippen molar-refractivity contribution in [2.45, 2.75) is 0 Å². The molecule has 0 saturated heterocycles. The Bertz CT molecular complexity index is 243. The molecule has 90 valence electrons. The summed E-state index contributed by atoms with van der Waals surface area (Å²) in [6.07, 6.45) is 0. The Morgan fingerprint density at radius 1 is 0.857 bits per heavy atom. The first-order chi connectivity index (χ1) is 5.91. The molecule has 0 aliphatic heterocycles. The lowest BCUT2D eigenvalue weighted by atomic mass is 10.7. The minimum absolute atomic E-state index is 0.958. The molecule has 0 amide bonds. The van der Waals surface area contributed by atoms with Gasteiger partial charge in [0, 0.05) is 0 Å². The van der Waals surface area contributed by atoms with Gasteiger partial charge in [0.1, 0.15) is 13.1 Å². The average Bonchev–Trinajstić information content (AvgIpc) is 1.79. The Balaban J connectivity index is -0.000000131. The van der Waals surface area contributed by atoms with Crippen LogP contribution in [0.5, 0.6) is 0 Å². The van der Waals surface area contributed by atoms with E-state index in [0.29, 0.717) is 0 Å². The second-order valence-corrected chi connectivity index (χ2v) is 3.27. The molecule has 0 aromatic rings. The maximum atomic E-state index is 8.63. The Hall–Kier alpha value is -0.340. The normalized spacial score (nSPS) is 10.4. The molecule has 0 rings (SSSR count). The van der Waals surface area contributed by atoms with Gasteiger partial charge in [0.2, 0.25) is 20.8 Å². The van der Waals surface area contributed by atoms with Crippen molar-refractivity contribution in [3.63, 3.8) is 0 Å². The molecule has 0 aromatic carbocycles. The SMILES string of the molecule is O=S(=O)([O-])O.O=S(=O)([O-])O.[NH3+]CC[NH3+]. The summed E-state index contributed by atoms with van der Waals surface area (Å²) in [6.45, 7) is 1.92. The van der Waals surface area contributed by atoms with Gasteiger partial charge in [0.05, 0.1) is 0 Å². The van der Waals surface area contributed by atoms with E-state index in [0.717, 1.165) is 13.1 Å². The molecule has 0 bridgehead atoms. The first-order valence-electron chi connectivity index (χ1n) is 2.87. The van der Waals surface area contributed by atoms with E-state index in [1.54, 1.807) is 0 Å². The Morgan fingerprint density at radius 3 is 0.929 bits per heavy atom. The van der Waals surface area contributed by atoms with Crippen molar-refractivity contribution in [3.8, 4) is 0 Å². The summed E-state index contributed by atoms with van der Waals surface area (Å²) in [5, 5.41) is 0. The van der Waals surface area contributed by atoms with Crippen LogP contribution in [0, 0.1) is 0 Å². The van der Waals surface area contributed by atoms with Gasteiger partial charge >= 0.3 is 0 Å². The van der Waals surface area contributed by atoms with E-state index >= 15 is 0 Å². The Kier molecular flexibility index (Phi) is 12.7. The quantitative estimate of drug-likeness (QED) is 0.264. The molecule has 14 heavy (non-hydrogen) atoms.